The van der Waals surface area contributed by atoms with Crippen molar-refractivity contribution in [2.75, 3.05) is 27.4 Å². The number of methoxy groups -OCH3 is 2. The summed E-state index contributed by atoms with van der Waals surface area (Å²) in [6.45, 7) is 3.02. The van der Waals surface area contributed by atoms with Crippen LogP contribution >= 0.6 is 0 Å². The molecule has 0 aliphatic heterocycles. The second-order valence-electron chi connectivity index (χ2n) is 5.27. The van der Waals surface area contributed by atoms with Gasteiger partial charge in [-0.3, -0.25) is 4.79 Å². The zero-order chi connectivity index (χ0) is 17.4. The smallest absolute Gasteiger partial charge is 0.263 e. The van der Waals surface area contributed by atoms with Crippen molar-refractivity contribution in [3.8, 4) is 11.5 Å². The van der Waals surface area contributed by atoms with Gasteiger partial charge >= 0.3 is 0 Å². The van der Waals surface area contributed by atoms with Crippen molar-refractivity contribution < 1.29 is 23.4 Å². The average Bonchev–Trinajstić information content (AvgIpc) is 3.11. The molecule has 1 unspecified atom stereocenters. The molecule has 0 spiro atoms. The number of hydrogen-bond acceptors (Lipinski definition) is 5. The van der Waals surface area contributed by atoms with Gasteiger partial charge in [-0.15, -0.1) is 0 Å². The zero-order valence-corrected chi connectivity index (χ0v) is 14.2. The molecular formula is C18H23NO5. The molecule has 0 saturated heterocycles. The van der Waals surface area contributed by atoms with Crippen molar-refractivity contribution in [2.45, 2.75) is 19.6 Å². The van der Waals surface area contributed by atoms with Crippen LogP contribution in [0.25, 0.3) is 0 Å². The van der Waals surface area contributed by atoms with Crippen LogP contribution in [0, 0.1) is 0 Å². The van der Waals surface area contributed by atoms with Gasteiger partial charge in [0.25, 0.3) is 5.91 Å². The van der Waals surface area contributed by atoms with Crippen LogP contribution in [0.1, 0.15) is 12.7 Å². The number of ether oxygens (including phenoxy) is 3. The highest BCUT2D eigenvalue weighted by atomic mass is 16.5. The summed E-state index contributed by atoms with van der Waals surface area (Å²) in [6, 6.07) is 10.8. The van der Waals surface area contributed by atoms with Gasteiger partial charge in [0.05, 0.1) is 26.5 Å². The summed E-state index contributed by atoms with van der Waals surface area (Å²) in [5, 5.41) is 0. The predicted molar refractivity (Wildman–Crippen MR) is 89.1 cm³/mol. The fourth-order valence-corrected chi connectivity index (χ4v) is 2.23. The summed E-state index contributed by atoms with van der Waals surface area (Å²) in [4.78, 5) is 14.3. The van der Waals surface area contributed by atoms with E-state index in [2.05, 4.69) is 0 Å². The first kappa shape index (κ1) is 17.9. The number of amides is 1. The van der Waals surface area contributed by atoms with Gasteiger partial charge in [-0.1, -0.05) is 0 Å². The van der Waals surface area contributed by atoms with Crippen molar-refractivity contribution in [1.82, 2.24) is 4.90 Å². The van der Waals surface area contributed by atoms with E-state index in [9.17, 15) is 4.79 Å². The fourth-order valence-electron chi connectivity index (χ4n) is 2.23. The lowest BCUT2D eigenvalue weighted by molar-refractivity contribution is -0.139. The van der Waals surface area contributed by atoms with Gasteiger partial charge < -0.3 is 23.5 Å². The Morgan fingerprint density at radius 3 is 2.46 bits per heavy atom. The number of furan rings is 1. The molecule has 1 aromatic carbocycles. The van der Waals surface area contributed by atoms with E-state index in [4.69, 9.17) is 18.6 Å². The number of rotatable bonds is 9. The molecular weight excluding hydrogens is 310 g/mol. The second kappa shape index (κ2) is 8.98. The average molecular weight is 333 g/mol. The van der Waals surface area contributed by atoms with Crippen LogP contribution < -0.4 is 9.47 Å². The third-order valence-electron chi connectivity index (χ3n) is 3.52. The zero-order valence-electron chi connectivity index (χ0n) is 14.2. The molecule has 0 aliphatic rings. The Kier molecular flexibility index (Phi) is 6.69. The third kappa shape index (κ3) is 5.03. The Bertz CT molecular complexity index is 609. The van der Waals surface area contributed by atoms with Crippen LogP contribution in [0.3, 0.4) is 0 Å². The van der Waals surface area contributed by atoms with Gasteiger partial charge in [0.2, 0.25) is 0 Å². The van der Waals surface area contributed by atoms with Crippen LogP contribution in [0.15, 0.2) is 47.1 Å². The normalized spacial score (nSPS) is 11.8. The largest absolute Gasteiger partial charge is 0.497 e. The van der Waals surface area contributed by atoms with E-state index in [-0.39, 0.29) is 5.91 Å². The maximum atomic E-state index is 12.7. The van der Waals surface area contributed by atoms with Gasteiger partial charge in [0.1, 0.15) is 17.3 Å². The maximum Gasteiger partial charge on any atom is 0.263 e. The number of benzene rings is 1. The lowest BCUT2D eigenvalue weighted by Gasteiger charge is -2.25. The molecule has 0 fully saturated rings. The fraction of sp³-hybridized carbons (Fsp3) is 0.389. The second-order valence-corrected chi connectivity index (χ2v) is 5.27. The minimum absolute atomic E-state index is 0.126. The molecule has 0 aliphatic carbocycles. The SMILES string of the molecule is COCCN(Cc1ccco1)C(=O)C(C)Oc1ccc(OC)cc1. The molecule has 1 heterocycles. The Hall–Kier alpha value is -2.47. The van der Waals surface area contributed by atoms with Crippen LogP contribution in [0.2, 0.25) is 0 Å². The quantitative estimate of drug-likeness (QED) is 0.706. The summed E-state index contributed by atoms with van der Waals surface area (Å²) in [5.74, 6) is 1.94. The van der Waals surface area contributed by atoms with E-state index in [0.717, 1.165) is 11.5 Å². The summed E-state index contributed by atoms with van der Waals surface area (Å²) >= 11 is 0. The molecule has 1 aromatic heterocycles. The topological polar surface area (TPSA) is 61.1 Å². The van der Waals surface area contributed by atoms with E-state index >= 15 is 0 Å². The summed E-state index contributed by atoms with van der Waals surface area (Å²) < 4.78 is 21.3. The highest BCUT2D eigenvalue weighted by Gasteiger charge is 2.23. The van der Waals surface area contributed by atoms with E-state index in [1.54, 1.807) is 62.6 Å². The Balaban J connectivity index is 2.00. The standard InChI is InChI=1S/C18H23NO5/c1-14(24-16-8-6-15(22-3)7-9-16)18(20)19(10-12-21-2)13-17-5-4-11-23-17/h4-9,11,14H,10,12-13H2,1-3H3. The molecule has 0 saturated carbocycles. The van der Waals surface area contributed by atoms with E-state index in [1.165, 1.54) is 0 Å². The van der Waals surface area contributed by atoms with Gasteiger partial charge in [-0.25, -0.2) is 0 Å². The number of hydrogen-bond donors (Lipinski definition) is 0. The van der Waals surface area contributed by atoms with Crippen molar-refractivity contribution in [3.05, 3.63) is 48.4 Å². The first-order chi connectivity index (χ1) is 11.6. The van der Waals surface area contributed by atoms with E-state index in [0.29, 0.717) is 25.4 Å². The van der Waals surface area contributed by atoms with Crippen LogP contribution in [-0.2, 0) is 16.1 Å². The molecule has 130 valence electrons. The van der Waals surface area contributed by atoms with Crippen molar-refractivity contribution in [1.29, 1.82) is 0 Å². The summed E-state index contributed by atoms with van der Waals surface area (Å²) in [5.41, 5.74) is 0. The molecule has 0 bridgehead atoms. The summed E-state index contributed by atoms with van der Waals surface area (Å²) in [7, 11) is 3.21. The lowest BCUT2D eigenvalue weighted by Crippen LogP contribution is -2.41. The van der Waals surface area contributed by atoms with Crippen molar-refractivity contribution in [3.63, 3.8) is 0 Å². The summed E-state index contributed by atoms with van der Waals surface area (Å²) in [6.07, 6.45) is 0.969. The lowest BCUT2D eigenvalue weighted by atomic mass is 10.3. The van der Waals surface area contributed by atoms with Gasteiger partial charge in [-0.05, 0) is 43.3 Å². The van der Waals surface area contributed by atoms with Gasteiger partial charge in [0.15, 0.2) is 6.10 Å². The Morgan fingerprint density at radius 2 is 1.88 bits per heavy atom. The van der Waals surface area contributed by atoms with E-state index < -0.39 is 6.10 Å². The van der Waals surface area contributed by atoms with Crippen LogP contribution in [0.4, 0.5) is 0 Å². The van der Waals surface area contributed by atoms with Crippen LogP contribution in [0.5, 0.6) is 11.5 Å². The molecule has 1 amide bonds. The van der Waals surface area contributed by atoms with Crippen molar-refractivity contribution in [2.24, 2.45) is 0 Å². The minimum atomic E-state index is -0.620. The molecule has 24 heavy (non-hydrogen) atoms. The first-order valence-electron chi connectivity index (χ1n) is 7.75. The highest BCUT2D eigenvalue weighted by molar-refractivity contribution is 5.80. The number of carbonyl (C=O) groups is 1. The van der Waals surface area contributed by atoms with Gasteiger partial charge in [0, 0.05) is 13.7 Å². The van der Waals surface area contributed by atoms with Gasteiger partial charge in [-0.2, -0.15) is 0 Å². The molecule has 0 N–H and O–H groups in total. The van der Waals surface area contributed by atoms with E-state index in [1.807, 2.05) is 6.07 Å². The molecule has 2 rings (SSSR count). The Morgan fingerprint density at radius 1 is 1.17 bits per heavy atom. The predicted octanol–water partition coefficient (Wildman–Crippen LogP) is 2.73. The van der Waals surface area contributed by atoms with Crippen molar-refractivity contribution >= 4 is 5.91 Å². The van der Waals surface area contributed by atoms with Crippen LogP contribution in [-0.4, -0.2) is 44.3 Å². The minimum Gasteiger partial charge on any atom is -0.497 e. The molecule has 0 radical (unpaired) electrons. The molecule has 1 atom stereocenters. The number of carbonyl (C=O) groups excluding carboxylic acids is 1. The number of nitrogens with zero attached hydrogens (tertiary/aromatic N) is 1. The first-order valence-corrected chi connectivity index (χ1v) is 7.75. The molecule has 2 aromatic rings. The monoisotopic (exact) mass is 333 g/mol. The maximum absolute atomic E-state index is 12.7. The molecule has 6 heteroatoms. The Labute approximate surface area is 141 Å². The highest BCUT2D eigenvalue weighted by Crippen LogP contribution is 2.19. The molecule has 6 nitrogen and oxygen atoms in total. The third-order valence-corrected chi connectivity index (χ3v) is 3.52.